The fraction of sp³-hybridized carbons (Fsp3) is 0.375. The quantitative estimate of drug-likeness (QED) is 0.569. The molecule has 0 radical (unpaired) electrons. The van der Waals surface area contributed by atoms with E-state index in [2.05, 4.69) is 66.4 Å². The molecule has 4 nitrogen and oxygen atoms in total. The zero-order valence-corrected chi connectivity index (χ0v) is 16.8. The Balaban J connectivity index is 2.22. The lowest BCUT2D eigenvalue weighted by Gasteiger charge is -2.36. The number of nitrogens with two attached hydrogens (primary N) is 1. The number of nitrogens with zero attached hydrogens (tertiary/aromatic N) is 2. The van der Waals surface area contributed by atoms with Gasteiger partial charge in [0, 0.05) is 5.56 Å². The van der Waals surface area contributed by atoms with Crippen molar-refractivity contribution < 1.29 is 4.43 Å². The van der Waals surface area contributed by atoms with Crippen LogP contribution in [0.1, 0.15) is 20.8 Å². The van der Waals surface area contributed by atoms with Crippen molar-refractivity contribution in [3.63, 3.8) is 0 Å². The molecule has 1 heterocycles. The van der Waals surface area contributed by atoms with E-state index < -0.39 is 8.32 Å². The highest BCUT2D eigenvalue weighted by atomic mass is 127. The third kappa shape index (κ3) is 3.78. The molecule has 0 spiro atoms. The van der Waals surface area contributed by atoms with Crippen LogP contribution >= 0.6 is 22.6 Å². The van der Waals surface area contributed by atoms with Crippen molar-refractivity contribution in [1.82, 2.24) is 9.97 Å². The molecule has 0 aliphatic carbocycles. The van der Waals surface area contributed by atoms with Gasteiger partial charge in [-0.15, -0.1) is 0 Å². The average Bonchev–Trinajstić information content (AvgIpc) is 2.41. The van der Waals surface area contributed by atoms with Crippen LogP contribution in [-0.2, 0) is 0 Å². The normalized spacial score (nSPS) is 12.3. The Bertz CT molecular complexity index is 666. The first-order valence-corrected chi connectivity index (χ1v) is 11.2. The van der Waals surface area contributed by atoms with Crippen LogP contribution in [0.3, 0.4) is 0 Å². The van der Waals surface area contributed by atoms with E-state index in [9.17, 15) is 0 Å². The Morgan fingerprint density at radius 2 is 1.73 bits per heavy atom. The SMILES string of the molecule is CC(C)(C)[Si](C)(C)Oc1ccc(-c2cnc(N)c(I)n2)cc1. The van der Waals surface area contributed by atoms with Gasteiger partial charge in [0.1, 0.15) is 9.45 Å². The second kappa shape index (κ2) is 6.15. The highest BCUT2D eigenvalue weighted by Crippen LogP contribution is 2.37. The first kappa shape index (κ1) is 17.2. The Kier molecular flexibility index (Phi) is 4.81. The minimum Gasteiger partial charge on any atom is -0.544 e. The van der Waals surface area contributed by atoms with Crippen LogP contribution in [0.5, 0.6) is 5.75 Å². The fourth-order valence-corrected chi connectivity index (χ4v) is 3.09. The summed E-state index contributed by atoms with van der Waals surface area (Å²) in [5.41, 5.74) is 7.53. The summed E-state index contributed by atoms with van der Waals surface area (Å²) >= 11 is 2.09. The predicted octanol–water partition coefficient (Wildman–Crippen LogP) is 4.71. The standard InChI is InChI=1S/C16H22IN3OSi/c1-16(2,3)22(4,5)21-12-8-6-11(7-9-12)13-10-19-15(18)14(17)20-13/h6-10H,1-5H3,(H2,18,19). The Hall–Kier alpha value is -1.15. The number of nitrogen functional groups attached to an aromatic ring is 1. The van der Waals surface area contributed by atoms with E-state index in [1.807, 2.05) is 24.3 Å². The lowest BCUT2D eigenvalue weighted by Crippen LogP contribution is -2.43. The summed E-state index contributed by atoms with van der Waals surface area (Å²) in [6.07, 6.45) is 1.70. The highest BCUT2D eigenvalue weighted by molar-refractivity contribution is 14.1. The maximum Gasteiger partial charge on any atom is 0.250 e. The van der Waals surface area contributed by atoms with Crippen LogP contribution in [0, 0.1) is 3.70 Å². The van der Waals surface area contributed by atoms with Gasteiger partial charge in [0.25, 0.3) is 0 Å². The van der Waals surface area contributed by atoms with E-state index in [0.717, 1.165) is 20.7 Å². The Morgan fingerprint density at radius 3 is 2.23 bits per heavy atom. The van der Waals surface area contributed by atoms with Gasteiger partial charge in [-0.05, 0) is 65.0 Å². The van der Waals surface area contributed by atoms with Gasteiger partial charge in [-0.1, -0.05) is 20.8 Å². The molecule has 0 unspecified atom stereocenters. The van der Waals surface area contributed by atoms with E-state index in [4.69, 9.17) is 10.2 Å². The molecule has 0 aliphatic heterocycles. The number of hydrogen-bond acceptors (Lipinski definition) is 4. The van der Waals surface area contributed by atoms with Crippen molar-refractivity contribution in [2.24, 2.45) is 0 Å². The van der Waals surface area contributed by atoms with Gasteiger partial charge in [0.15, 0.2) is 5.82 Å². The monoisotopic (exact) mass is 427 g/mol. The first-order valence-electron chi connectivity index (χ1n) is 7.17. The van der Waals surface area contributed by atoms with Crippen molar-refractivity contribution >= 4 is 36.7 Å². The van der Waals surface area contributed by atoms with Crippen molar-refractivity contribution in [2.45, 2.75) is 38.9 Å². The zero-order chi connectivity index (χ0) is 16.5. The van der Waals surface area contributed by atoms with Crippen LogP contribution in [0.4, 0.5) is 5.82 Å². The van der Waals surface area contributed by atoms with Crippen LogP contribution in [0.2, 0.25) is 18.1 Å². The van der Waals surface area contributed by atoms with E-state index >= 15 is 0 Å². The zero-order valence-electron chi connectivity index (χ0n) is 13.6. The Labute approximate surface area is 146 Å². The van der Waals surface area contributed by atoms with E-state index in [1.165, 1.54) is 0 Å². The summed E-state index contributed by atoms with van der Waals surface area (Å²) < 4.78 is 7.00. The molecule has 0 amide bonds. The van der Waals surface area contributed by atoms with Gasteiger partial charge in [-0.25, -0.2) is 9.97 Å². The molecule has 1 aromatic heterocycles. The van der Waals surface area contributed by atoms with Gasteiger partial charge < -0.3 is 10.2 Å². The number of rotatable bonds is 3. The molecule has 1 aromatic carbocycles. The molecule has 0 saturated heterocycles. The van der Waals surface area contributed by atoms with E-state index in [1.54, 1.807) is 6.20 Å². The molecule has 0 bridgehead atoms. The Morgan fingerprint density at radius 1 is 1.14 bits per heavy atom. The largest absolute Gasteiger partial charge is 0.544 e. The summed E-state index contributed by atoms with van der Waals surface area (Å²) in [5.74, 6) is 1.37. The summed E-state index contributed by atoms with van der Waals surface area (Å²) in [6, 6.07) is 8.03. The molecule has 2 rings (SSSR count). The number of anilines is 1. The van der Waals surface area contributed by atoms with Crippen LogP contribution in [0.25, 0.3) is 11.3 Å². The fourth-order valence-electron chi connectivity index (χ4n) is 1.66. The molecule has 2 aromatic rings. The maximum atomic E-state index is 6.28. The van der Waals surface area contributed by atoms with Gasteiger partial charge in [-0.2, -0.15) is 0 Å². The lowest BCUT2D eigenvalue weighted by molar-refractivity contribution is 0.492. The van der Waals surface area contributed by atoms with Crippen molar-refractivity contribution in [1.29, 1.82) is 0 Å². The molecule has 0 saturated carbocycles. The second-order valence-electron chi connectivity index (χ2n) is 6.82. The molecule has 0 fully saturated rings. The van der Waals surface area contributed by atoms with Crippen molar-refractivity contribution in [3.8, 4) is 17.0 Å². The topological polar surface area (TPSA) is 61.0 Å². The summed E-state index contributed by atoms with van der Waals surface area (Å²) in [4.78, 5) is 8.61. The van der Waals surface area contributed by atoms with Gasteiger partial charge in [0.2, 0.25) is 8.32 Å². The van der Waals surface area contributed by atoms with Gasteiger partial charge >= 0.3 is 0 Å². The third-order valence-electron chi connectivity index (χ3n) is 4.09. The molecular formula is C16H22IN3OSi. The van der Waals surface area contributed by atoms with Gasteiger partial charge in [0.05, 0.1) is 11.9 Å². The predicted molar refractivity (Wildman–Crippen MR) is 102 cm³/mol. The number of aromatic nitrogens is 2. The first-order chi connectivity index (χ1) is 10.1. The molecular weight excluding hydrogens is 405 g/mol. The van der Waals surface area contributed by atoms with Crippen LogP contribution in [-0.4, -0.2) is 18.3 Å². The average molecular weight is 427 g/mol. The molecule has 6 heteroatoms. The lowest BCUT2D eigenvalue weighted by atomic mass is 10.1. The maximum absolute atomic E-state index is 6.28. The molecule has 118 valence electrons. The third-order valence-corrected chi connectivity index (χ3v) is 9.24. The van der Waals surface area contributed by atoms with Crippen LogP contribution in [0.15, 0.2) is 30.5 Å². The van der Waals surface area contributed by atoms with Crippen molar-refractivity contribution in [2.75, 3.05) is 5.73 Å². The number of halogens is 1. The second-order valence-corrected chi connectivity index (χ2v) is 12.6. The number of hydrogen-bond donors (Lipinski definition) is 1. The van der Waals surface area contributed by atoms with Crippen LogP contribution < -0.4 is 10.2 Å². The van der Waals surface area contributed by atoms with E-state index in [0.29, 0.717) is 5.82 Å². The van der Waals surface area contributed by atoms with Crippen molar-refractivity contribution in [3.05, 3.63) is 34.2 Å². The molecule has 2 N–H and O–H groups in total. The smallest absolute Gasteiger partial charge is 0.250 e. The highest BCUT2D eigenvalue weighted by Gasteiger charge is 2.38. The van der Waals surface area contributed by atoms with Gasteiger partial charge in [-0.3, -0.25) is 0 Å². The summed E-state index contributed by atoms with van der Waals surface area (Å²) in [6.45, 7) is 11.2. The summed E-state index contributed by atoms with van der Waals surface area (Å²) in [5, 5.41) is 0.185. The molecule has 22 heavy (non-hydrogen) atoms. The summed E-state index contributed by atoms with van der Waals surface area (Å²) in [7, 11) is -1.80. The minimum atomic E-state index is -1.80. The molecule has 0 atom stereocenters. The molecule has 0 aliphatic rings. The van der Waals surface area contributed by atoms with E-state index in [-0.39, 0.29) is 5.04 Å². The minimum absolute atomic E-state index is 0.185. The number of benzene rings is 1.